The molecule has 0 amide bonds. The van der Waals surface area contributed by atoms with E-state index in [2.05, 4.69) is 172 Å². The first kappa shape index (κ1) is 38.1. The van der Waals surface area contributed by atoms with E-state index in [1.54, 1.807) is 0 Å². The Morgan fingerprint density at radius 3 is 1.23 bits per heavy atom. The minimum atomic E-state index is 0. The molecule has 0 spiro atoms. The first-order chi connectivity index (χ1) is 29.7. The van der Waals surface area contributed by atoms with Crippen LogP contribution in [0, 0.1) is 53.7 Å². The summed E-state index contributed by atoms with van der Waals surface area (Å²) in [5, 5.41) is 6.22. The Morgan fingerprint density at radius 1 is 0.419 bits per heavy atom. The summed E-state index contributed by atoms with van der Waals surface area (Å²) in [6, 6.07) is 55.1. The van der Waals surface area contributed by atoms with Gasteiger partial charge in [-0.2, -0.15) is 0 Å². The third-order valence-corrected chi connectivity index (χ3v) is 12.6. The van der Waals surface area contributed by atoms with Gasteiger partial charge in [0, 0.05) is 22.5 Å². The topological polar surface area (TPSA) is 43.8 Å². The monoisotopic (exact) mass is 890 g/mol. The molecule has 0 radical (unpaired) electrons. The Morgan fingerprint density at radius 2 is 0.806 bits per heavy atom. The van der Waals surface area contributed by atoms with Crippen molar-refractivity contribution in [1.29, 1.82) is 0 Å². The second-order valence-corrected chi connectivity index (χ2v) is 16.9. The molecule has 300 valence electrons. The molecule has 0 atom stereocenters. The number of benzene rings is 8. The maximum atomic E-state index is 6.71. The zero-order chi connectivity index (χ0) is 41.3. The van der Waals surface area contributed by atoms with Gasteiger partial charge in [-0.3, -0.25) is 9.97 Å². The number of imidazole rings is 2. The SMILES string of the molecule is Cc1cc(C)c(-c2ccc3c4ccc(Oc5[c-]c6c(cc5)c5ccc(-c7c(C)cc(C)cc7C)cc5n5c7ccccc7nc65)[c-]c4c4nc5ccccc5n4c3c2)c(C)c1.[Pd+2]. The van der Waals surface area contributed by atoms with Crippen LogP contribution in [-0.4, -0.2) is 18.8 Å². The van der Waals surface area contributed by atoms with Crippen molar-refractivity contribution in [3.05, 3.63) is 179 Å². The van der Waals surface area contributed by atoms with Gasteiger partial charge in [0.05, 0.1) is 33.4 Å². The number of hydrogen-bond acceptors (Lipinski definition) is 3. The minimum Gasteiger partial charge on any atom is -0.497 e. The first-order valence-electron chi connectivity index (χ1n) is 20.9. The fraction of sp³-hybridized carbons (Fsp3) is 0.107. The van der Waals surface area contributed by atoms with E-state index in [9.17, 15) is 0 Å². The fourth-order valence-electron chi connectivity index (χ4n) is 10.3. The number of ether oxygens (including phenoxy) is 1. The van der Waals surface area contributed by atoms with E-state index in [4.69, 9.17) is 14.7 Å². The van der Waals surface area contributed by atoms with Gasteiger partial charge in [-0.1, -0.05) is 130 Å². The molecule has 0 N–H and O–H groups in total. The van der Waals surface area contributed by atoms with Gasteiger partial charge in [0.25, 0.3) is 0 Å². The summed E-state index contributed by atoms with van der Waals surface area (Å²) in [5.74, 6) is 1.19. The molecule has 4 aromatic heterocycles. The molecule has 0 fully saturated rings. The van der Waals surface area contributed by atoms with E-state index in [1.165, 1.54) is 55.6 Å². The Balaban J connectivity index is 0.00000432. The summed E-state index contributed by atoms with van der Waals surface area (Å²) in [6.45, 7) is 13.1. The van der Waals surface area contributed by atoms with Crippen LogP contribution in [-0.2, 0) is 20.4 Å². The number of hydrogen-bond donors (Lipinski definition) is 0. The van der Waals surface area contributed by atoms with Gasteiger partial charge < -0.3 is 13.5 Å². The van der Waals surface area contributed by atoms with Crippen molar-refractivity contribution >= 4 is 76.7 Å². The van der Waals surface area contributed by atoms with E-state index in [-0.39, 0.29) is 20.4 Å². The summed E-state index contributed by atoms with van der Waals surface area (Å²) in [7, 11) is 0. The molecular weight excluding hydrogens is 851 g/mol. The number of aromatic nitrogens is 4. The second-order valence-electron chi connectivity index (χ2n) is 16.9. The largest absolute Gasteiger partial charge is 2.00 e. The van der Waals surface area contributed by atoms with Crippen LogP contribution < -0.4 is 4.74 Å². The molecule has 0 saturated carbocycles. The fourth-order valence-corrected chi connectivity index (χ4v) is 10.3. The third kappa shape index (κ3) is 5.71. The van der Waals surface area contributed by atoms with Crippen LogP contribution in [0.3, 0.4) is 0 Å². The summed E-state index contributed by atoms with van der Waals surface area (Å²) < 4.78 is 11.3. The van der Waals surface area contributed by atoms with Crippen molar-refractivity contribution in [1.82, 2.24) is 18.8 Å². The predicted molar refractivity (Wildman–Crippen MR) is 252 cm³/mol. The summed E-state index contributed by atoms with van der Waals surface area (Å²) in [4.78, 5) is 10.4. The van der Waals surface area contributed by atoms with Crippen molar-refractivity contribution in [2.75, 3.05) is 0 Å². The van der Waals surface area contributed by atoms with Gasteiger partial charge in [0.1, 0.15) is 0 Å². The number of aryl methyl sites for hydroxylation is 6. The normalized spacial score (nSPS) is 11.9. The van der Waals surface area contributed by atoms with E-state index in [0.717, 1.165) is 76.7 Å². The van der Waals surface area contributed by atoms with Crippen LogP contribution in [0.15, 0.2) is 133 Å². The smallest absolute Gasteiger partial charge is 0.497 e. The molecule has 0 bridgehead atoms. The number of pyridine rings is 2. The first-order valence-corrected chi connectivity index (χ1v) is 20.9. The second kappa shape index (κ2) is 14.1. The molecular formula is C56H40N4OPd. The van der Waals surface area contributed by atoms with Crippen LogP contribution in [0.5, 0.6) is 11.5 Å². The average molecular weight is 891 g/mol. The van der Waals surface area contributed by atoms with Crippen molar-refractivity contribution in [2.45, 2.75) is 41.5 Å². The van der Waals surface area contributed by atoms with Gasteiger partial charge in [-0.25, -0.2) is 0 Å². The minimum absolute atomic E-state index is 0. The van der Waals surface area contributed by atoms with Crippen molar-refractivity contribution in [2.24, 2.45) is 0 Å². The Kier molecular flexibility index (Phi) is 8.67. The van der Waals surface area contributed by atoms with Crippen molar-refractivity contribution in [3.63, 3.8) is 0 Å². The van der Waals surface area contributed by atoms with E-state index in [0.29, 0.717) is 11.5 Å². The summed E-state index contributed by atoms with van der Waals surface area (Å²) in [6.07, 6.45) is 0. The van der Waals surface area contributed by atoms with Crippen LogP contribution in [0.2, 0.25) is 0 Å². The molecule has 0 aliphatic rings. The zero-order valence-electron chi connectivity index (χ0n) is 35.2. The van der Waals surface area contributed by atoms with E-state index in [1.807, 2.05) is 24.3 Å². The molecule has 0 aliphatic carbocycles. The molecule has 8 aromatic carbocycles. The average Bonchev–Trinajstić information content (AvgIpc) is 3.83. The molecule has 4 heterocycles. The molecule has 0 saturated heterocycles. The number of para-hydroxylation sites is 4. The number of nitrogens with zero attached hydrogens (tertiary/aromatic N) is 4. The quantitative estimate of drug-likeness (QED) is 0.100. The Hall–Kier alpha value is -6.84. The maximum absolute atomic E-state index is 6.71. The van der Waals surface area contributed by atoms with Gasteiger partial charge in [-0.15, -0.1) is 12.1 Å². The molecule has 62 heavy (non-hydrogen) atoms. The van der Waals surface area contributed by atoms with E-state index < -0.39 is 0 Å². The van der Waals surface area contributed by atoms with Crippen LogP contribution >= 0.6 is 0 Å². The van der Waals surface area contributed by atoms with E-state index >= 15 is 0 Å². The maximum Gasteiger partial charge on any atom is 2.00 e. The summed E-state index contributed by atoms with van der Waals surface area (Å²) in [5.41, 5.74) is 20.5. The molecule has 5 nitrogen and oxygen atoms in total. The predicted octanol–water partition coefficient (Wildman–Crippen LogP) is 14.5. The molecule has 0 unspecified atom stereocenters. The summed E-state index contributed by atoms with van der Waals surface area (Å²) >= 11 is 0. The van der Waals surface area contributed by atoms with Crippen LogP contribution in [0.4, 0.5) is 0 Å². The van der Waals surface area contributed by atoms with Crippen molar-refractivity contribution < 1.29 is 25.2 Å². The molecule has 12 rings (SSSR count). The molecule has 12 aromatic rings. The Labute approximate surface area is 372 Å². The van der Waals surface area contributed by atoms with Crippen LogP contribution in [0.25, 0.3) is 99.0 Å². The standard InChI is InChI=1S/C56H40N4O.Pd/c1-31-23-33(3)53(34(4)24-31)37-15-19-43-41-21-17-39(29-45(41)55-57-47-11-7-9-13-49(47)59(55)51(43)27-37)61-40-18-22-42-44-20-16-38(54-35(5)25-32(2)26-36(54)6)28-52(44)60-50-14-10-8-12-48(50)58-56(60)46(42)30-40;/h7-28H,1-6H3;/q-2;+2. The molecule has 0 aliphatic heterocycles. The number of rotatable bonds is 4. The van der Waals surface area contributed by atoms with Crippen LogP contribution in [0.1, 0.15) is 33.4 Å². The van der Waals surface area contributed by atoms with Gasteiger partial charge in [-0.05, 0) is 133 Å². The Bertz CT molecular complexity index is 3580. The number of fused-ring (bicyclic) bond motifs is 16. The molecule has 6 heteroatoms. The van der Waals surface area contributed by atoms with Crippen molar-refractivity contribution in [3.8, 4) is 33.8 Å². The van der Waals surface area contributed by atoms with Gasteiger partial charge in [0.15, 0.2) is 0 Å². The van der Waals surface area contributed by atoms with Gasteiger partial charge in [0.2, 0.25) is 0 Å². The zero-order valence-corrected chi connectivity index (χ0v) is 36.8. The third-order valence-electron chi connectivity index (χ3n) is 12.6. The van der Waals surface area contributed by atoms with Gasteiger partial charge >= 0.3 is 20.4 Å².